The Morgan fingerprint density at radius 2 is 1.88 bits per heavy atom. The topological polar surface area (TPSA) is 59.2 Å². The molecule has 1 aromatic heterocycles. The standard InChI is InChI=1S/C19H18BrN3O2S/c1-13-5-3-4-6-15(13)11-23(2)17(24)12-26-19-22-21-18(25-19)14-7-9-16(20)10-8-14/h3-10H,11-12H2,1-2H3. The van der Waals surface area contributed by atoms with Crippen LogP contribution in [-0.2, 0) is 11.3 Å². The number of aromatic nitrogens is 2. The van der Waals surface area contributed by atoms with E-state index >= 15 is 0 Å². The van der Waals surface area contributed by atoms with Crippen molar-refractivity contribution in [3.05, 3.63) is 64.1 Å². The molecule has 0 fully saturated rings. The Bertz CT molecular complexity index is 896. The summed E-state index contributed by atoms with van der Waals surface area (Å²) in [4.78, 5) is 14.1. The number of hydrogen-bond acceptors (Lipinski definition) is 5. The van der Waals surface area contributed by atoms with Gasteiger partial charge in [0.2, 0.25) is 11.8 Å². The van der Waals surface area contributed by atoms with Crippen molar-refractivity contribution < 1.29 is 9.21 Å². The number of amides is 1. The number of aryl methyl sites for hydroxylation is 1. The van der Waals surface area contributed by atoms with E-state index in [0.29, 0.717) is 17.7 Å². The average Bonchev–Trinajstić information content (AvgIpc) is 3.11. The lowest BCUT2D eigenvalue weighted by Crippen LogP contribution is -2.28. The van der Waals surface area contributed by atoms with Crippen LogP contribution in [0.2, 0.25) is 0 Å². The van der Waals surface area contributed by atoms with Gasteiger partial charge in [0.05, 0.1) is 5.75 Å². The Morgan fingerprint density at radius 1 is 1.15 bits per heavy atom. The first-order chi connectivity index (χ1) is 12.5. The number of hydrogen-bond donors (Lipinski definition) is 0. The molecule has 0 aliphatic heterocycles. The van der Waals surface area contributed by atoms with Crippen molar-refractivity contribution in [3.8, 4) is 11.5 Å². The van der Waals surface area contributed by atoms with E-state index in [1.54, 1.807) is 11.9 Å². The molecule has 0 N–H and O–H groups in total. The fourth-order valence-corrected chi connectivity index (χ4v) is 3.31. The monoisotopic (exact) mass is 431 g/mol. The molecule has 0 unspecified atom stereocenters. The Kier molecular flexibility index (Phi) is 6.11. The predicted octanol–water partition coefficient (Wildman–Crippen LogP) is 4.56. The number of rotatable bonds is 6. The Hall–Kier alpha value is -2.12. The number of carbonyl (C=O) groups excluding carboxylic acids is 1. The van der Waals surface area contributed by atoms with Gasteiger partial charge in [-0.15, -0.1) is 10.2 Å². The van der Waals surface area contributed by atoms with Crippen molar-refractivity contribution in [2.75, 3.05) is 12.8 Å². The highest BCUT2D eigenvalue weighted by Crippen LogP contribution is 2.24. The van der Waals surface area contributed by atoms with Crippen molar-refractivity contribution in [3.63, 3.8) is 0 Å². The van der Waals surface area contributed by atoms with E-state index in [1.807, 2.05) is 55.5 Å². The Morgan fingerprint density at radius 3 is 2.62 bits per heavy atom. The molecule has 0 atom stereocenters. The molecule has 7 heteroatoms. The maximum Gasteiger partial charge on any atom is 0.277 e. The average molecular weight is 432 g/mol. The number of thioether (sulfide) groups is 1. The van der Waals surface area contributed by atoms with E-state index in [-0.39, 0.29) is 11.7 Å². The summed E-state index contributed by atoms with van der Waals surface area (Å²) in [5.41, 5.74) is 3.16. The summed E-state index contributed by atoms with van der Waals surface area (Å²) in [6, 6.07) is 15.7. The van der Waals surface area contributed by atoms with Crippen LogP contribution in [-0.4, -0.2) is 33.8 Å². The summed E-state index contributed by atoms with van der Waals surface area (Å²) in [5, 5.41) is 8.44. The van der Waals surface area contributed by atoms with Gasteiger partial charge in [-0.05, 0) is 42.3 Å². The molecule has 0 spiro atoms. The lowest BCUT2D eigenvalue weighted by molar-refractivity contribution is -0.127. The number of carbonyl (C=O) groups is 1. The minimum atomic E-state index is 0.0154. The fraction of sp³-hybridized carbons (Fsp3) is 0.211. The molecular weight excluding hydrogens is 414 g/mol. The van der Waals surface area contributed by atoms with Crippen LogP contribution in [0.3, 0.4) is 0 Å². The van der Waals surface area contributed by atoms with Crippen LogP contribution in [0.5, 0.6) is 0 Å². The van der Waals surface area contributed by atoms with Crippen LogP contribution in [0.4, 0.5) is 0 Å². The largest absolute Gasteiger partial charge is 0.411 e. The highest BCUT2D eigenvalue weighted by atomic mass is 79.9. The van der Waals surface area contributed by atoms with Crippen molar-refractivity contribution in [2.45, 2.75) is 18.7 Å². The summed E-state index contributed by atoms with van der Waals surface area (Å²) in [6.45, 7) is 2.63. The number of nitrogens with zero attached hydrogens (tertiary/aromatic N) is 3. The summed E-state index contributed by atoms with van der Waals surface area (Å²) >= 11 is 4.64. The van der Waals surface area contributed by atoms with Gasteiger partial charge in [-0.2, -0.15) is 0 Å². The molecule has 3 rings (SSSR count). The zero-order chi connectivity index (χ0) is 18.5. The second-order valence-corrected chi connectivity index (χ2v) is 7.69. The summed E-state index contributed by atoms with van der Waals surface area (Å²) in [7, 11) is 1.80. The van der Waals surface area contributed by atoms with Gasteiger partial charge in [-0.1, -0.05) is 52.0 Å². The molecule has 5 nitrogen and oxygen atoms in total. The molecule has 0 saturated carbocycles. The van der Waals surface area contributed by atoms with E-state index in [9.17, 15) is 4.79 Å². The van der Waals surface area contributed by atoms with E-state index in [4.69, 9.17) is 4.42 Å². The van der Waals surface area contributed by atoms with Crippen LogP contribution in [0.25, 0.3) is 11.5 Å². The first-order valence-electron chi connectivity index (χ1n) is 8.03. The van der Waals surface area contributed by atoms with Gasteiger partial charge >= 0.3 is 0 Å². The highest BCUT2D eigenvalue weighted by Gasteiger charge is 2.14. The number of benzene rings is 2. The first kappa shape index (κ1) is 18.7. The second-order valence-electron chi connectivity index (χ2n) is 5.84. The van der Waals surface area contributed by atoms with Gasteiger partial charge in [0.15, 0.2) is 0 Å². The smallest absolute Gasteiger partial charge is 0.277 e. The molecule has 0 saturated heterocycles. The van der Waals surface area contributed by atoms with Gasteiger partial charge < -0.3 is 9.32 Å². The van der Waals surface area contributed by atoms with Gasteiger partial charge in [-0.3, -0.25) is 4.79 Å². The predicted molar refractivity (Wildman–Crippen MR) is 106 cm³/mol. The van der Waals surface area contributed by atoms with Gasteiger partial charge in [0.1, 0.15) is 0 Å². The van der Waals surface area contributed by atoms with E-state index in [2.05, 4.69) is 26.1 Å². The molecule has 26 heavy (non-hydrogen) atoms. The normalized spacial score (nSPS) is 10.7. The highest BCUT2D eigenvalue weighted by molar-refractivity contribution is 9.10. The van der Waals surface area contributed by atoms with Gasteiger partial charge in [0.25, 0.3) is 5.22 Å². The van der Waals surface area contributed by atoms with Crippen molar-refractivity contribution in [2.24, 2.45) is 0 Å². The van der Waals surface area contributed by atoms with Gasteiger partial charge in [0, 0.05) is 23.6 Å². The molecule has 1 amide bonds. The minimum Gasteiger partial charge on any atom is -0.411 e. The maximum atomic E-state index is 12.4. The zero-order valence-corrected chi connectivity index (χ0v) is 16.9. The summed E-state index contributed by atoms with van der Waals surface area (Å²) in [6.07, 6.45) is 0. The van der Waals surface area contributed by atoms with Crippen LogP contribution in [0.15, 0.2) is 62.6 Å². The SMILES string of the molecule is Cc1ccccc1CN(C)C(=O)CSc1nnc(-c2ccc(Br)cc2)o1. The van der Waals surface area contributed by atoms with Crippen molar-refractivity contribution >= 4 is 33.6 Å². The molecule has 3 aromatic rings. The van der Waals surface area contributed by atoms with Crippen molar-refractivity contribution in [1.29, 1.82) is 0 Å². The molecule has 1 heterocycles. The molecule has 0 aliphatic rings. The molecular formula is C19H18BrN3O2S. The molecule has 2 aromatic carbocycles. The van der Waals surface area contributed by atoms with Crippen LogP contribution in [0, 0.1) is 6.92 Å². The van der Waals surface area contributed by atoms with Gasteiger partial charge in [-0.25, -0.2) is 0 Å². The molecule has 0 aliphatic carbocycles. The third-order valence-corrected chi connectivity index (χ3v) is 5.24. The molecule has 0 bridgehead atoms. The quantitative estimate of drug-likeness (QED) is 0.535. The van der Waals surface area contributed by atoms with Crippen LogP contribution in [0.1, 0.15) is 11.1 Å². The second kappa shape index (κ2) is 8.51. The number of halogens is 1. The third kappa shape index (κ3) is 4.74. The Labute approximate surface area is 164 Å². The Balaban J connectivity index is 1.56. The lowest BCUT2D eigenvalue weighted by atomic mass is 10.1. The lowest BCUT2D eigenvalue weighted by Gasteiger charge is -2.17. The van der Waals surface area contributed by atoms with E-state index in [0.717, 1.165) is 15.6 Å². The van der Waals surface area contributed by atoms with Crippen molar-refractivity contribution in [1.82, 2.24) is 15.1 Å². The maximum absolute atomic E-state index is 12.4. The third-order valence-electron chi connectivity index (χ3n) is 3.91. The van der Waals surface area contributed by atoms with E-state index < -0.39 is 0 Å². The summed E-state index contributed by atoms with van der Waals surface area (Å²) in [5.74, 6) is 0.715. The first-order valence-corrected chi connectivity index (χ1v) is 9.81. The fourth-order valence-electron chi connectivity index (χ4n) is 2.34. The molecule has 0 radical (unpaired) electrons. The zero-order valence-electron chi connectivity index (χ0n) is 14.5. The summed E-state index contributed by atoms with van der Waals surface area (Å²) < 4.78 is 6.62. The van der Waals surface area contributed by atoms with Crippen LogP contribution < -0.4 is 0 Å². The molecule has 134 valence electrons. The van der Waals surface area contributed by atoms with Crippen LogP contribution >= 0.6 is 27.7 Å². The van der Waals surface area contributed by atoms with E-state index in [1.165, 1.54) is 17.3 Å². The minimum absolute atomic E-state index is 0.0154.